The summed E-state index contributed by atoms with van der Waals surface area (Å²) in [5.74, 6) is -2.10. The van der Waals surface area contributed by atoms with Crippen molar-refractivity contribution in [2.24, 2.45) is 0 Å². The Labute approximate surface area is 250 Å². The Morgan fingerprint density at radius 2 is 1.28 bits per heavy atom. The summed E-state index contributed by atoms with van der Waals surface area (Å²) < 4.78 is 21.1. The molecule has 0 aliphatic rings. The first kappa shape index (κ1) is 32.7. The SMILES string of the molecule is C=C(C)C(=O)OCCCCc1cc2cc(-c3ccc(OC(=O)C(=C)C)cc3)c(=O)oc2cc1CCCCOC(=O)C(C)=O. The third-order valence-electron chi connectivity index (χ3n) is 6.56. The first-order chi connectivity index (χ1) is 20.5. The first-order valence-electron chi connectivity index (χ1n) is 14.0. The minimum atomic E-state index is -0.848. The number of Topliss-reactive ketones (excluding diaryl/α,β-unsaturated/α-hetero) is 1. The van der Waals surface area contributed by atoms with Crippen molar-refractivity contribution in [3.63, 3.8) is 0 Å². The summed E-state index contributed by atoms with van der Waals surface area (Å²) in [5, 5.41) is 0.746. The van der Waals surface area contributed by atoms with Crippen LogP contribution in [0.15, 0.2) is 76.0 Å². The van der Waals surface area contributed by atoms with E-state index in [0.717, 1.165) is 22.9 Å². The smallest absolute Gasteiger partial charge is 0.374 e. The number of carbonyl (C=O) groups excluding carboxylic acids is 4. The quantitative estimate of drug-likeness (QED) is 0.0537. The van der Waals surface area contributed by atoms with Crippen LogP contribution in [0.5, 0.6) is 5.75 Å². The van der Waals surface area contributed by atoms with E-state index in [9.17, 15) is 24.0 Å². The highest BCUT2D eigenvalue weighted by Gasteiger charge is 2.14. The van der Waals surface area contributed by atoms with Crippen molar-refractivity contribution in [1.29, 1.82) is 0 Å². The lowest BCUT2D eigenvalue weighted by atomic mass is 9.95. The minimum absolute atomic E-state index is 0.138. The van der Waals surface area contributed by atoms with Gasteiger partial charge in [-0.2, -0.15) is 0 Å². The van der Waals surface area contributed by atoms with Crippen LogP contribution in [0.1, 0.15) is 57.6 Å². The Kier molecular flexibility index (Phi) is 11.8. The van der Waals surface area contributed by atoms with E-state index in [2.05, 4.69) is 13.2 Å². The molecular formula is C34H36O9. The van der Waals surface area contributed by atoms with E-state index < -0.39 is 29.3 Å². The maximum atomic E-state index is 13.0. The molecule has 2 aromatic carbocycles. The van der Waals surface area contributed by atoms with Crippen molar-refractivity contribution in [2.75, 3.05) is 13.2 Å². The Bertz CT molecular complexity index is 1590. The summed E-state index contributed by atoms with van der Waals surface area (Å²) in [5.41, 5.74) is 3.58. The molecule has 3 rings (SSSR count). The number of hydrogen-bond donors (Lipinski definition) is 0. The van der Waals surface area contributed by atoms with E-state index >= 15 is 0 Å². The van der Waals surface area contributed by atoms with Crippen LogP contribution in [0.3, 0.4) is 0 Å². The van der Waals surface area contributed by atoms with Crippen molar-refractivity contribution < 1.29 is 37.8 Å². The van der Waals surface area contributed by atoms with E-state index in [4.69, 9.17) is 18.6 Å². The fourth-order valence-electron chi connectivity index (χ4n) is 4.21. The number of esters is 3. The highest BCUT2D eigenvalue weighted by atomic mass is 16.5. The van der Waals surface area contributed by atoms with Crippen LogP contribution >= 0.6 is 0 Å². The monoisotopic (exact) mass is 588 g/mol. The lowest BCUT2D eigenvalue weighted by Gasteiger charge is -2.13. The van der Waals surface area contributed by atoms with E-state index in [1.807, 2.05) is 12.1 Å². The maximum Gasteiger partial charge on any atom is 0.374 e. The number of fused-ring (bicyclic) bond motifs is 1. The second-order valence-electron chi connectivity index (χ2n) is 10.3. The van der Waals surface area contributed by atoms with Gasteiger partial charge in [0.2, 0.25) is 5.78 Å². The number of aryl methyl sites for hydroxylation is 2. The van der Waals surface area contributed by atoms with Crippen LogP contribution in [0, 0.1) is 0 Å². The molecule has 0 unspecified atom stereocenters. The standard InChI is InChI=1S/C34H36O9/c1-21(2)31(36)40-16-8-6-10-25-18-27-19-29(24-12-14-28(15-13-24)42-32(37)22(3)4)34(39)43-30(27)20-26(25)11-7-9-17-41-33(38)23(5)35/h12-15,18-20H,1,3,6-11,16-17H2,2,4-5H3. The zero-order valence-electron chi connectivity index (χ0n) is 24.8. The summed E-state index contributed by atoms with van der Waals surface area (Å²) in [4.78, 5) is 58.9. The highest BCUT2D eigenvalue weighted by Crippen LogP contribution is 2.27. The number of carbonyl (C=O) groups is 4. The Balaban J connectivity index is 1.81. The average Bonchev–Trinajstić information content (AvgIpc) is 2.96. The molecule has 0 aliphatic heterocycles. The second kappa shape index (κ2) is 15.4. The fraction of sp³-hybridized carbons (Fsp3) is 0.324. The molecule has 0 N–H and O–H groups in total. The molecule has 0 amide bonds. The molecule has 9 heteroatoms. The van der Waals surface area contributed by atoms with Gasteiger partial charge in [-0.05, 0) is 99.4 Å². The van der Waals surface area contributed by atoms with Gasteiger partial charge < -0.3 is 18.6 Å². The molecule has 1 heterocycles. The van der Waals surface area contributed by atoms with Crippen LogP contribution in [0.4, 0.5) is 0 Å². The van der Waals surface area contributed by atoms with Crippen molar-refractivity contribution in [2.45, 2.75) is 59.3 Å². The van der Waals surface area contributed by atoms with E-state index in [0.29, 0.717) is 60.1 Å². The van der Waals surface area contributed by atoms with Gasteiger partial charge in [0, 0.05) is 23.5 Å². The van der Waals surface area contributed by atoms with Gasteiger partial charge in [-0.15, -0.1) is 0 Å². The van der Waals surface area contributed by atoms with Gasteiger partial charge in [-0.3, -0.25) is 4.79 Å². The highest BCUT2D eigenvalue weighted by molar-refractivity contribution is 6.32. The molecule has 0 bridgehead atoms. The molecule has 0 fully saturated rings. The van der Waals surface area contributed by atoms with Crippen LogP contribution in [-0.4, -0.2) is 36.9 Å². The number of ketones is 1. The molecule has 1 aromatic heterocycles. The molecular weight excluding hydrogens is 552 g/mol. The van der Waals surface area contributed by atoms with Gasteiger partial charge in [-0.1, -0.05) is 25.3 Å². The molecule has 0 radical (unpaired) electrons. The van der Waals surface area contributed by atoms with Crippen LogP contribution < -0.4 is 10.4 Å². The van der Waals surface area contributed by atoms with E-state index in [1.54, 1.807) is 44.2 Å². The second-order valence-corrected chi connectivity index (χ2v) is 10.3. The third kappa shape index (κ3) is 9.63. The molecule has 0 saturated carbocycles. The molecule has 226 valence electrons. The summed E-state index contributed by atoms with van der Waals surface area (Å²) >= 11 is 0. The van der Waals surface area contributed by atoms with E-state index in [1.165, 1.54) is 6.92 Å². The van der Waals surface area contributed by atoms with Crippen molar-refractivity contribution in [1.82, 2.24) is 0 Å². The largest absolute Gasteiger partial charge is 0.462 e. The van der Waals surface area contributed by atoms with Gasteiger partial charge in [-0.25, -0.2) is 19.2 Å². The molecule has 43 heavy (non-hydrogen) atoms. The summed E-state index contributed by atoms with van der Waals surface area (Å²) in [6.07, 6.45) is 4.01. The third-order valence-corrected chi connectivity index (χ3v) is 6.56. The summed E-state index contributed by atoms with van der Waals surface area (Å²) in [7, 11) is 0. The maximum absolute atomic E-state index is 13.0. The van der Waals surface area contributed by atoms with Crippen molar-refractivity contribution >= 4 is 34.7 Å². The van der Waals surface area contributed by atoms with Gasteiger partial charge in [0.05, 0.1) is 18.8 Å². The Hall–Kier alpha value is -4.79. The number of hydrogen-bond acceptors (Lipinski definition) is 9. The zero-order valence-corrected chi connectivity index (χ0v) is 24.8. The summed E-state index contributed by atoms with van der Waals surface area (Å²) in [6, 6.07) is 12.2. The lowest BCUT2D eigenvalue weighted by molar-refractivity contribution is -0.153. The molecule has 0 atom stereocenters. The zero-order chi connectivity index (χ0) is 31.5. The normalized spacial score (nSPS) is 10.7. The topological polar surface area (TPSA) is 126 Å². The minimum Gasteiger partial charge on any atom is -0.462 e. The van der Waals surface area contributed by atoms with Gasteiger partial charge in [0.1, 0.15) is 11.3 Å². The Morgan fingerprint density at radius 1 is 0.721 bits per heavy atom. The number of rotatable bonds is 15. The number of benzene rings is 2. The molecule has 3 aromatic rings. The first-order valence-corrected chi connectivity index (χ1v) is 14.0. The molecule has 0 aliphatic carbocycles. The fourth-order valence-corrected chi connectivity index (χ4v) is 4.21. The van der Waals surface area contributed by atoms with Crippen LogP contribution in [-0.2, 0) is 41.5 Å². The molecule has 0 saturated heterocycles. The van der Waals surface area contributed by atoms with Crippen LogP contribution in [0.2, 0.25) is 0 Å². The van der Waals surface area contributed by atoms with Crippen LogP contribution in [0.25, 0.3) is 22.1 Å². The predicted octanol–water partition coefficient (Wildman–Crippen LogP) is 5.84. The van der Waals surface area contributed by atoms with Crippen molar-refractivity contribution in [3.8, 4) is 16.9 Å². The van der Waals surface area contributed by atoms with Crippen molar-refractivity contribution in [3.05, 3.63) is 88.3 Å². The predicted molar refractivity (Wildman–Crippen MR) is 162 cm³/mol. The lowest BCUT2D eigenvalue weighted by Crippen LogP contribution is -2.14. The summed E-state index contributed by atoms with van der Waals surface area (Å²) in [6.45, 7) is 11.9. The molecule has 9 nitrogen and oxygen atoms in total. The molecule has 0 spiro atoms. The average molecular weight is 589 g/mol. The van der Waals surface area contributed by atoms with Gasteiger partial charge in [0.15, 0.2) is 0 Å². The Morgan fingerprint density at radius 3 is 1.84 bits per heavy atom. The van der Waals surface area contributed by atoms with Gasteiger partial charge in [0.25, 0.3) is 0 Å². The van der Waals surface area contributed by atoms with Gasteiger partial charge >= 0.3 is 23.5 Å². The number of unbranched alkanes of at least 4 members (excludes halogenated alkanes) is 2. The number of ether oxygens (including phenoxy) is 3. The van der Waals surface area contributed by atoms with E-state index in [-0.39, 0.29) is 18.8 Å².